The molecule has 1 aromatic rings. The van der Waals surface area contributed by atoms with Crippen LogP contribution in [0.25, 0.3) is 0 Å². The van der Waals surface area contributed by atoms with Crippen molar-refractivity contribution in [3.63, 3.8) is 0 Å². The molecule has 1 heterocycles. The zero-order valence-electron chi connectivity index (χ0n) is 16.3. The molecule has 134 valence electrons. The van der Waals surface area contributed by atoms with E-state index in [-0.39, 0.29) is 20.0 Å². The second-order valence-electron chi connectivity index (χ2n) is 9.22. The zero-order valence-corrected chi connectivity index (χ0v) is 18.5. The lowest BCUT2D eigenvalue weighted by molar-refractivity contribution is -0.0964. The van der Waals surface area contributed by atoms with Gasteiger partial charge in [-0.1, -0.05) is 62.4 Å². The average molecular weight is 435 g/mol. The van der Waals surface area contributed by atoms with Crippen LogP contribution in [0.2, 0.25) is 0 Å². The predicted molar refractivity (Wildman–Crippen MR) is 105 cm³/mol. The molecule has 0 bridgehead atoms. The lowest BCUT2D eigenvalue weighted by Crippen LogP contribution is -2.41. The topological polar surface area (TPSA) is 39.9 Å². The zero-order chi connectivity index (χ0) is 18.1. The molecule has 0 aliphatic carbocycles. The van der Waals surface area contributed by atoms with E-state index < -0.39 is 0 Å². The lowest BCUT2D eigenvalue weighted by atomic mass is 9.79. The van der Waals surface area contributed by atoms with E-state index in [0.717, 1.165) is 18.5 Å². The number of aromatic nitrogens is 3. The van der Waals surface area contributed by atoms with Crippen LogP contribution in [0.4, 0.5) is 0 Å². The molecule has 1 aromatic heterocycles. The van der Waals surface area contributed by atoms with Crippen LogP contribution in [0.3, 0.4) is 0 Å². The van der Waals surface area contributed by atoms with Gasteiger partial charge in [-0.05, 0) is 39.5 Å². The number of halogens is 1. The van der Waals surface area contributed by atoms with Gasteiger partial charge in [0.15, 0.2) is 0 Å². The summed E-state index contributed by atoms with van der Waals surface area (Å²) in [6.45, 7) is 20.5. The fourth-order valence-electron chi connectivity index (χ4n) is 1.99. The van der Waals surface area contributed by atoms with Gasteiger partial charge in [-0.15, -0.1) is 5.10 Å². The number of nitrogens with zero attached hydrogens (tertiary/aromatic N) is 3. The maximum absolute atomic E-state index is 6.18. The second-order valence-corrected chi connectivity index (χ2v) is 12.1. The SMILES string of the molecule is CC(C)(I)Cc1cn(C(C)(C)CCOC(C)(C)C(C)(C)C)nn1. The van der Waals surface area contributed by atoms with Gasteiger partial charge in [0.25, 0.3) is 0 Å². The smallest absolute Gasteiger partial charge is 0.0840 e. The highest BCUT2D eigenvalue weighted by Gasteiger charge is 2.34. The van der Waals surface area contributed by atoms with Crippen LogP contribution in [-0.4, -0.2) is 30.6 Å². The Morgan fingerprint density at radius 1 is 1.04 bits per heavy atom. The van der Waals surface area contributed by atoms with E-state index >= 15 is 0 Å². The summed E-state index contributed by atoms with van der Waals surface area (Å²) in [7, 11) is 0. The Hall–Kier alpha value is -0.170. The summed E-state index contributed by atoms with van der Waals surface area (Å²) in [5.74, 6) is 0. The monoisotopic (exact) mass is 435 g/mol. The standard InChI is InChI=1S/C18H34IN3O/c1-15(2,3)18(8,9)23-11-10-17(6,7)22-13-14(20-21-22)12-16(4,5)19/h13H,10-12H2,1-9H3. The molecule has 4 nitrogen and oxygen atoms in total. The quantitative estimate of drug-likeness (QED) is 0.447. The molecule has 0 N–H and O–H groups in total. The number of ether oxygens (including phenoxy) is 1. The minimum Gasteiger partial charge on any atom is -0.375 e. The Bertz CT molecular complexity index is 507. The Morgan fingerprint density at radius 3 is 2.09 bits per heavy atom. The van der Waals surface area contributed by atoms with Crippen molar-refractivity contribution >= 4 is 22.6 Å². The first-order valence-electron chi connectivity index (χ1n) is 8.39. The fourth-order valence-corrected chi connectivity index (χ4v) is 2.38. The third-order valence-corrected chi connectivity index (χ3v) is 5.13. The van der Waals surface area contributed by atoms with Crippen LogP contribution in [0, 0.1) is 5.41 Å². The van der Waals surface area contributed by atoms with Gasteiger partial charge in [0.2, 0.25) is 0 Å². The Morgan fingerprint density at radius 2 is 1.61 bits per heavy atom. The Balaban J connectivity index is 2.66. The van der Waals surface area contributed by atoms with E-state index in [2.05, 4.69) is 101 Å². The first-order valence-corrected chi connectivity index (χ1v) is 9.47. The maximum Gasteiger partial charge on any atom is 0.0840 e. The van der Waals surface area contributed by atoms with E-state index in [9.17, 15) is 0 Å². The summed E-state index contributed by atoms with van der Waals surface area (Å²) in [5.41, 5.74) is 0.910. The molecule has 23 heavy (non-hydrogen) atoms. The molecule has 1 rings (SSSR count). The normalized spacial score (nSPS) is 14.3. The Kier molecular flexibility index (Phi) is 6.34. The molecule has 0 saturated carbocycles. The molecular weight excluding hydrogens is 401 g/mol. The summed E-state index contributed by atoms with van der Waals surface area (Å²) >= 11 is 2.45. The van der Waals surface area contributed by atoms with Crippen LogP contribution in [0.5, 0.6) is 0 Å². The fraction of sp³-hybridized carbons (Fsp3) is 0.889. The van der Waals surface area contributed by atoms with Crippen LogP contribution in [0.1, 0.15) is 74.4 Å². The third kappa shape index (κ3) is 6.33. The van der Waals surface area contributed by atoms with Crippen molar-refractivity contribution in [3.8, 4) is 0 Å². The van der Waals surface area contributed by atoms with Gasteiger partial charge >= 0.3 is 0 Å². The van der Waals surface area contributed by atoms with Crippen LogP contribution >= 0.6 is 22.6 Å². The van der Waals surface area contributed by atoms with Gasteiger partial charge in [-0.2, -0.15) is 0 Å². The van der Waals surface area contributed by atoms with Crippen molar-refractivity contribution < 1.29 is 4.74 Å². The highest BCUT2D eigenvalue weighted by Crippen LogP contribution is 2.33. The largest absolute Gasteiger partial charge is 0.375 e. The number of alkyl halides is 1. The van der Waals surface area contributed by atoms with Crippen LogP contribution < -0.4 is 0 Å². The van der Waals surface area contributed by atoms with Crippen molar-refractivity contribution in [1.82, 2.24) is 15.0 Å². The van der Waals surface area contributed by atoms with Gasteiger partial charge < -0.3 is 4.74 Å². The minimum absolute atomic E-state index is 0.103. The van der Waals surface area contributed by atoms with Gasteiger partial charge in [-0.25, -0.2) is 4.68 Å². The second kappa shape index (κ2) is 6.98. The first-order chi connectivity index (χ1) is 10.1. The molecule has 0 radical (unpaired) electrons. The molecular formula is C18H34IN3O. The predicted octanol–water partition coefficient (Wildman–Crippen LogP) is 5.00. The maximum atomic E-state index is 6.18. The molecule has 0 amide bonds. The highest BCUT2D eigenvalue weighted by atomic mass is 127. The molecule has 0 atom stereocenters. The Labute approximate surface area is 155 Å². The van der Waals surface area contributed by atoms with E-state index in [1.807, 2.05) is 4.68 Å². The van der Waals surface area contributed by atoms with Crippen LogP contribution in [0.15, 0.2) is 6.20 Å². The molecule has 0 saturated heterocycles. The molecule has 0 aromatic carbocycles. The number of rotatable bonds is 7. The van der Waals surface area contributed by atoms with Crippen molar-refractivity contribution in [2.24, 2.45) is 5.41 Å². The number of hydrogen-bond donors (Lipinski definition) is 0. The highest BCUT2D eigenvalue weighted by molar-refractivity contribution is 14.1. The molecule has 5 heteroatoms. The van der Waals surface area contributed by atoms with Crippen molar-refractivity contribution in [1.29, 1.82) is 0 Å². The first kappa shape index (κ1) is 20.9. The summed E-state index contributed by atoms with van der Waals surface area (Å²) in [5, 5.41) is 8.67. The molecule has 0 aliphatic heterocycles. The van der Waals surface area contributed by atoms with Gasteiger partial charge in [0.1, 0.15) is 0 Å². The van der Waals surface area contributed by atoms with E-state index in [0.29, 0.717) is 6.61 Å². The molecule has 0 fully saturated rings. The molecule has 0 unspecified atom stereocenters. The van der Waals surface area contributed by atoms with Crippen LogP contribution in [-0.2, 0) is 16.7 Å². The summed E-state index contributed by atoms with van der Waals surface area (Å²) < 4.78 is 8.36. The van der Waals surface area contributed by atoms with Crippen molar-refractivity contribution in [3.05, 3.63) is 11.9 Å². The summed E-state index contributed by atoms with van der Waals surface area (Å²) in [6.07, 6.45) is 3.91. The minimum atomic E-state index is -0.151. The summed E-state index contributed by atoms with van der Waals surface area (Å²) in [4.78, 5) is 0. The summed E-state index contributed by atoms with van der Waals surface area (Å²) in [6, 6.07) is 0. The van der Waals surface area contributed by atoms with Gasteiger partial charge in [-0.3, -0.25) is 0 Å². The van der Waals surface area contributed by atoms with Crippen molar-refractivity contribution in [2.45, 2.75) is 89.7 Å². The van der Waals surface area contributed by atoms with Crippen molar-refractivity contribution in [2.75, 3.05) is 6.61 Å². The van der Waals surface area contributed by atoms with E-state index in [4.69, 9.17) is 4.74 Å². The average Bonchev–Trinajstić information content (AvgIpc) is 2.73. The molecule has 0 spiro atoms. The van der Waals surface area contributed by atoms with Gasteiger partial charge in [0, 0.05) is 22.6 Å². The van der Waals surface area contributed by atoms with Gasteiger partial charge in [0.05, 0.1) is 16.8 Å². The van der Waals surface area contributed by atoms with E-state index in [1.165, 1.54) is 0 Å². The molecule has 0 aliphatic rings. The lowest BCUT2D eigenvalue weighted by Gasteiger charge is -2.39. The third-order valence-electron chi connectivity index (χ3n) is 4.75. The number of hydrogen-bond acceptors (Lipinski definition) is 3. The van der Waals surface area contributed by atoms with E-state index in [1.54, 1.807) is 0 Å².